The predicted molar refractivity (Wildman–Crippen MR) is 45.8 cm³/mol. The molecule has 0 fully saturated rings. The summed E-state index contributed by atoms with van der Waals surface area (Å²) in [7, 11) is 0. The molecule has 1 aliphatic heterocycles. The van der Waals surface area contributed by atoms with Gasteiger partial charge in [0.15, 0.2) is 0 Å². The molecule has 0 unspecified atom stereocenters. The van der Waals surface area contributed by atoms with Crippen molar-refractivity contribution in [2.45, 2.75) is 20.3 Å². The van der Waals surface area contributed by atoms with Crippen molar-refractivity contribution in [3.63, 3.8) is 0 Å². The van der Waals surface area contributed by atoms with Gasteiger partial charge >= 0.3 is 0 Å². The summed E-state index contributed by atoms with van der Waals surface area (Å²) >= 11 is 0. The summed E-state index contributed by atoms with van der Waals surface area (Å²) in [6.07, 6.45) is 0.851. The first-order valence-corrected chi connectivity index (χ1v) is 4.02. The highest BCUT2D eigenvalue weighted by Gasteiger charge is 2.20. The van der Waals surface area contributed by atoms with E-state index in [0.717, 1.165) is 25.3 Å². The maximum absolute atomic E-state index is 8.97. The van der Waals surface area contributed by atoms with Gasteiger partial charge in [0.05, 0.1) is 12.4 Å². The van der Waals surface area contributed by atoms with Gasteiger partial charge < -0.3 is 10.4 Å². The SMILES string of the molecule is CC(C)(CO)CC1=NCCN1. The van der Waals surface area contributed by atoms with E-state index in [4.69, 9.17) is 5.11 Å². The minimum atomic E-state index is -0.0316. The van der Waals surface area contributed by atoms with Gasteiger partial charge in [-0.2, -0.15) is 0 Å². The second kappa shape index (κ2) is 3.22. The largest absolute Gasteiger partial charge is 0.396 e. The Balaban J connectivity index is 2.40. The zero-order valence-electron chi connectivity index (χ0n) is 7.22. The lowest BCUT2D eigenvalue weighted by molar-refractivity contribution is 0.165. The Morgan fingerprint density at radius 3 is 2.82 bits per heavy atom. The van der Waals surface area contributed by atoms with Crippen LogP contribution in [0, 0.1) is 5.41 Å². The van der Waals surface area contributed by atoms with Crippen LogP contribution in [-0.2, 0) is 0 Å². The molecule has 64 valence electrons. The van der Waals surface area contributed by atoms with E-state index in [1.807, 2.05) is 13.8 Å². The van der Waals surface area contributed by atoms with E-state index in [1.165, 1.54) is 0 Å². The van der Waals surface area contributed by atoms with Gasteiger partial charge in [-0.25, -0.2) is 0 Å². The van der Waals surface area contributed by atoms with Crippen LogP contribution in [0.5, 0.6) is 0 Å². The Hall–Kier alpha value is -0.570. The zero-order chi connectivity index (χ0) is 8.32. The number of aliphatic imine (C=N–C) groups is 1. The van der Waals surface area contributed by atoms with Crippen LogP contribution in [0.25, 0.3) is 0 Å². The van der Waals surface area contributed by atoms with Gasteiger partial charge in [-0.05, 0) is 5.41 Å². The summed E-state index contributed by atoms with van der Waals surface area (Å²) in [4.78, 5) is 4.26. The highest BCUT2D eigenvalue weighted by atomic mass is 16.3. The number of amidine groups is 1. The quantitative estimate of drug-likeness (QED) is 0.621. The fourth-order valence-corrected chi connectivity index (χ4v) is 1.07. The van der Waals surface area contributed by atoms with E-state index >= 15 is 0 Å². The minimum absolute atomic E-state index is 0.0316. The van der Waals surface area contributed by atoms with Gasteiger partial charge in [0.25, 0.3) is 0 Å². The van der Waals surface area contributed by atoms with Crippen molar-refractivity contribution in [1.82, 2.24) is 5.32 Å². The van der Waals surface area contributed by atoms with E-state index in [2.05, 4.69) is 10.3 Å². The molecule has 3 heteroatoms. The monoisotopic (exact) mass is 156 g/mol. The molecule has 2 N–H and O–H groups in total. The lowest BCUT2D eigenvalue weighted by Gasteiger charge is -2.21. The van der Waals surface area contributed by atoms with Crippen molar-refractivity contribution in [3.8, 4) is 0 Å². The third-order valence-electron chi connectivity index (χ3n) is 1.82. The Morgan fingerprint density at radius 2 is 2.36 bits per heavy atom. The minimum Gasteiger partial charge on any atom is -0.396 e. The molecule has 0 aromatic rings. The van der Waals surface area contributed by atoms with Crippen molar-refractivity contribution >= 4 is 5.84 Å². The van der Waals surface area contributed by atoms with Crippen LogP contribution in [0.4, 0.5) is 0 Å². The van der Waals surface area contributed by atoms with Crippen molar-refractivity contribution in [2.75, 3.05) is 19.7 Å². The second-order valence-corrected chi connectivity index (χ2v) is 3.75. The third kappa shape index (κ3) is 2.50. The summed E-state index contributed by atoms with van der Waals surface area (Å²) in [6, 6.07) is 0. The van der Waals surface area contributed by atoms with Gasteiger partial charge in [0.1, 0.15) is 0 Å². The first-order chi connectivity index (χ1) is 5.14. The summed E-state index contributed by atoms with van der Waals surface area (Å²) in [5, 5.41) is 12.2. The van der Waals surface area contributed by atoms with Crippen LogP contribution < -0.4 is 5.32 Å². The van der Waals surface area contributed by atoms with Crippen molar-refractivity contribution < 1.29 is 5.11 Å². The first kappa shape index (κ1) is 8.53. The Bertz CT molecular complexity index is 163. The number of nitrogens with one attached hydrogen (secondary N) is 1. The molecular weight excluding hydrogens is 140 g/mol. The molecule has 0 radical (unpaired) electrons. The zero-order valence-corrected chi connectivity index (χ0v) is 7.22. The van der Waals surface area contributed by atoms with E-state index in [-0.39, 0.29) is 12.0 Å². The van der Waals surface area contributed by atoms with E-state index < -0.39 is 0 Å². The number of aliphatic hydroxyl groups is 1. The van der Waals surface area contributed by atoms with E-state index in [9.17, 15) is 0 Å². The lowest BCUT2D eigenvalue weighted by Crippen LogP contribution is -2.27. The fourth-order valence-electron chi connectivity index (χ4n) is 1.07. The molecule has 0 spiro atoms. The van der Waals surface area contributed by atoms with Crippen molar-refractivity contribution in [2.24, 2.45) is 10.4 Å². The van der Waals surface area contributed by atoms with Crippen molar-refractivity contribution in [1.29, 1.82) is 0 Å². The molecule has 1 aliphatic rings. The molecule has 3 nitrogen and oxygen atoms in total. The smallest absolute Gasteiger partial charge is 0.0970 e. The van der Waals surface area contributed by atoms with Gasteiger partial charge in [0.2, 0.25) is 0 Å². The van der Waals surface area contributed by atoms with E-state index in [0.29, 0.717) is 0 Å². The molecule has 0 aromatic carbocycles. The summed E-state index contributed by atoms with van der Waals surface area (Å²) < 4.78 is 0. The van der Waals surface area contributed by atoms with Gasteiger partial charge in [-0.15, -0.1) is 0 Å². The Morgan fingerprint density at radius 1 is 1.64 bits per heavy atom. The third-order valence-corrected chi connectivity index (χ3v) is 1.82. The molecule has 1 rings (SSSR count). The molecule has 0 bridgehead atoms. The fraction of sp³-hybridized carbons (Fsp3) is 0.875. The van der Waals surface area contributed by atoms with Crippen LogP contribution in [0.3, 0.4) is 0 Å². The number of rotatable bonds is 3. The molecule has 0 saturated carbocycles. The predicted octanol–water partition coefficient (Wildman–Crippen LogP) is 0.397. The molecule has 11 heavy (non-hydrogen) atoms. The van der Waals surface area contributed by atoms with Gasteiger partial charge in [0, 0.05) is 19.6 Å². The number of aliphatic hydroxyl groups excluding tert-OH is 1. The van der Waals surface area contributed by atoms with E-state index in [1.54, 1.807) is 0 Å². The molecule has 0 aromatic heterocycles. The molecule has 0 amide bonds. The van der Waals surface area contributed by atoms with Crippen LogP contribution >= 0.6 is 0 Å². The maximum Gasteiger partial charge on any atom is 0.0970 e. The molecule has 1 heterocycles. The molecule has 0 aliphatic carbocycles. The maximum atomic E-state index is 8.97. The normalized spacial score (nSPS) is 17.9. The van der Waals surface area contributed by atoms with Crippen LogP contribution in [0.1, 0.15) is 20.3 Å². The molecule has 0 saturated heterocycles. The summed E-state index contributed by atoms with van der Waals surface area (Å²) in [5.74, 6) is 1.05. The topological polar surface area (TPSA) is 44.6 Å². The first-order valence-electron chi connectivity index (χ1n) is 4.02. The molecular formula is C8H16N2O. The van der Waals surface area contributed by atoms with Crippen molar-refractivity contribution in [3.05, 3.63) is 0 Å². The summed E-state index contributed by atoms with van der Waals surface area (Å²) in [6.45, 7) is 6.13. The Kier molecular flexibility index (Phi) is 2.49. The van der Waals surface area contributed by atoms with Crippen LogP contribution in [0.2, 0.25) is 0 Å². The van der Waals surface area contributed by atoms with Gasteiger partial charge in [-0.3, -0.25) is 4.99 Å². The number of hydrogen-bond donors (Lipinski definition) is 2. The lowest BCUT2D eigenvalue weighted by atomic mass is 9.90. The molecule has 0 atom stereocenters. The number of hydrogen-bond acceptors (Lipinski definition) is 3. The van der Waals surface area contributed by atoms with Gasteiger partial charge in [-0.1, -0.05) is 13.8 Å². The average Bonchev–Trinajstić information content (AvgIpc) is 2.39. The highest BCUT2D eigenvalue weighted by Crippen LogP contribution is 2.19. The highest BCUT2D eigenvalue weighted by molar-refractivity contribution is 5.84. The second-order valence-electron chi connectivity index (χ2n) is 3.75. The van der Waals surface area contributed by atoms with Crippen LogP contribution in [-0.4, -0.2) is 30.6 Å². The van der Waals surface area contributed by atoms with Crippen LogP contribution in [0.15, 0.2) is 4.99 Å². The Labute approximate surface area is 67.5 Å². The summed E-state index contributed by atoms with van der Waals surface area (Å²) in [5.41, 5.74) is -0.0316. The number of nitrogens with zero attached hydrogens (tertiary/aromatic N) is 1. The standard InChI is InChI=1S/C8H16N2O/c1-8(2,6-11)5-7-9-3-4-10-7/h11H,3-6H2,1-2H3,(H,9,10). The average molecular weight is 156 g/mol.